The minimum absolute atomic E-state index is 0.250. The van der Waals surface area contributed by atoms with Crippen molar-refractivity contribution in [3.05, 3.63) is 17.0 Å². The molecule has 1 heterocycles. The average molecular weight is 176 g/mol. The Kier molecular flexibility index (Phi) is 2.80. The van der Waals surface area contributed by atoms with E-state index in [-0.39, 0.29) is 5.95 Å². The van der Waals surface area contributed by atoms with E-state index in [4.69, 9.17) is 11.0 Å². The van der Waals surface area contributed by atoms with Crippen molar-refractivity contribution in [2.45, 2.75) is 26.7 Å². The summed E-state index contributed by atoms with van der Waals surface area (Å²) in [6.07, 6.45) is 1.72. The molecule has 4 nitrogen and oxygen atoms in total. The second kappa shape index (κ2) is 3.85. The van der Waals surface area contributed by atoms with E-state index in [0.717, 1.165) is 18.5 Å². The first-order valence-electron chi connectivity index (χ1n) is 4.22. The summed E-state index contributed by atoms with van der Waals surface area (Å²) >= 11 is 0. The Bertz CT molecular complexity index is 351. The lowest BCUT2D eigenvalue weighted by Gasteiger charge is -2.04. The number of aryl methyl sites for hydroxylation is 2. The molecule has 0 spiro atoms. The van der Waals surface area contributed by atoms with Crippen LogP contribution in [0, 0.1) is 18.3 Å². The van der Waals surface area contributed by atoms with Gasteiger partial charge in [0.05, 0.1) is 17.0 Å². The summed E-state index contributed by atoms with van der Waals surface area (Å²) in [5, 5.41) is 8.85. The van der Waals surface area contributed by atoms with Crippen LogP contribution in [0.1, 0.15) is 30.3 Å². The zero-order chi connectivity index (χ0) is 9.84. The fourth-order valence-corrected chi connectivity index (χ4v) is 1.22. The minimum Gasteiger partial charge on any atom is -0.368 e. The van der Waals surface area contributed by atoms with Crippen molar-refractivity contribution in [3.8, 4) is 6.07 Å². The van der Waals surface area contributed by atoms with E-state index in [1.807, 2.05) is 6.92 Å². The molecule has 0 fully saturated rings. The normalized spacial score (nSPS) is 9.62. The van der Waals surface area contributed by atoms with Crippen LogP contribution in [0.15, 0.2) is 0 Å². The van der Waals surface area contributed by atoms with E-state index in [1.165, 1.54) is 0 Å². The largest absolute Gasteiger partial charge is 0.368 e. The van der Waals surface area contributed by atoms with Gasteiger partial charge < -0.3 is 5.73 Å². The van der Waals surface area contributed by atoms with Crippen LogP contribution < -0.4 is 5.73 Å². The summed E-state index contributed by atoms with van der Waals surface area (Å²) in [7, 11) is 0. The van der Waals surface area contributed by atoms with Gasteiger partial charge in [0.1, 0.15) is 6.07 Å². The topological polar surface area (TPSA) is 75.6 Å². The molecule has 0 atom stereocenters. The van der Waals surface area contributed by atoms with Gasteiger partial charge in [0.2, 0.25) is 5.95 Å². The van der Waals surface area contributed by atoms with Gasteiger partial charge in [-0.2, -0.15) is 5.26 Å². The predicted molar refractivity (Wildman–Crippen MR) is 49.9 cm³/mol. The van der Waals surface area contributed by atoms with Gasteiger partial charge >= 0.3 is 0 Å². The Balaban J connectivity index is 3.23. The highest BCUT2D eigenvalue weighted by Crippen LogP contribution is 2.12. The lowest BCUT2D eigenvalue weighted by molar-refractivity contribution is 0.864. The van der Waals surface area contributed by atoms with Gasteiger partial charge in [0.15, 0.2) is 0 Å². The number of nitrogens with two attached hydrogens (primary N) is 1. The van der Waals surface area contributed by atoms with Crippen LogP contribution in [0.4, 0.5) is 5.95 Å². The fraction of sp³-hybridized carbons (Fsp3) is 0.444. The molecule has 0 aliphatic heterocycles. The van der Waals surface area contributed by atoms with Gasteiger partial charge in [0, 0.05) is 0 Å². The number of nitrogen functional groups attached to an aromatic ring is 1. The molecule has 2 N–H and O–H groups in total. The Morgan fingerprint density at radius 1 is 1.46 bits per heavy atom. The van der Waals surface area contributed by atoms with Crippen molar-refractivity contribution in [3.63, 3.8) is 0 Å². The molecule has 0 aliphatic rings. The number of nitriles is 1. The number of anilines is 1. The van der Waals surface area contributed by atoms with Crippen LogP contribution in [0.5, 0.6) is 0 Å². The molecular weight excluding hydrogens is 164 g/mol. The van der Waals surface area contributed by atoms with E-state index < -0.39 is 0 Å². The van der Waals surface area contributed by atoms with Gasteiger partial charge in [-0.3, -0.25) is 0 Å². The highest BCUT2D eigenvalue weighted by atomic mass is 15.0. The van der Waals surface area contributed by atoms with Crippen LogP contribution >= 0.6 is 0 Å². The van der Waals surface area contributed by atoms with Crippen LogP contribution in [0.3, 0.4) is 0 Å². The second-order valence-electron chi connectivity index (χ2n) is 2.85. The lowest BCUT2D eigenvalue weighted by Crippen LogP contribution is -2.05. The van der Waals surface area contributed by atoms with E-state index in [2.05, 4.69) is 16.0 Å². The van der Waals surface area contributed by atoms with Crippen LogP contribution in [0.25, 0.3) is 0 Å². The molecule has 4 heteroatoms. The lowest BCUT2D eigenvalue weighted by atomic mass is 10.1. The highest BCUT2D eigenvalue weighted by molar-refractivity contribution is 5.40. The smallest absolute Gasteiger partial charge is 0.220 e. The Hall–Kier alpha value is -1.63. The molecule has 1 aromatic heterocycles. The molecule has 1 aromatic rings. The van der Waals surface area contributed by atoms with Crippen LogP contribution in [-0.4, -0.2) is 9.97 Å². The van der Waals surface area contributed by atoms with Gasteiger partial charge in [-0.15, -0.1) is 0 Å². The number of aromatic nitrogens is 2. The standard InChI is InChI=1S/C9H12N4/c1-3-4-8-7(5-10)6(2)12-9(11)13-8/h3-4H2,1-2H3,(H2,11,12,13). The quantitative estimate of drug-likeness (QED) is 0.734. The highest BCUT2D eigenvalue weighted by Gasteiger charge is 2.08. The molecule has 0 saturated carbocycles. The zero-order valence-corrected chi connectivity index (χ0v) is 7.83. The molecule has 0 aromatic carbocycles. The van der Waals surface area contributed by atoms with E-state index in [1.54, 1.807) is 6.92 Å². The molecule has 0 radical (unpaired) electrons. The van der Waals surface area contributed by atoms with Gasteiger partial charge in [-0.1, -0.05) is 13.3 Å². The molecule has 0 bridgehead atoms. The molecule has 0 unspecified atom stereocenters. The molecule has 0 aliphatic carbocycles. The first-order valence-corrected chi connectivity index (χ1v) is 4.22. The van der Waals surface area contributed by atoms with Crippen molar-refractivity contribution in [1.82, 2.24) is 9.97 Å². The summed E-state index contributed by atoms with van der Waals surface area (Å²) in [4.78, 5) is 7.97. The third-order valence-corrected chi connectivity index (χ3v) is 1.78. The van der Waals surface area contributed by atoms with Crippen molar-refractivity contribution < 1.29 is 0 Å². The molecule has 68 valence electrons. The number of nitrogens with zero attached hydrogens (tertiary/aromatic N) is 3. The maximum atomic E-state index is 8.85. The van der Waals surface area contributed by atoms with Crippen molar-refractivity contribution >= 4 is 5.95 Å². The summed E-state index contributed by atoms with van der Waals surface area (Å²) < 4.78 is 0. The van der Waals surface area contributed by atoms with Gasteiger partial charge in [-0.25, -0.2) is 9.97 Å². The molecule has 1 rings (SSSR count). The molecule has 0 amide bonds. The summed E-state index contributed by atoms with van der Waals surface area (Å²) in [5.74, 6) is 0.250. The van der Waals surface area contributed by atoms with Crippen LogP contribution in [-0.2, 0) is 6.42 Å². The fourth-order valence-electron chi connectivity index (χ4n) is 1.22. The Labute approximate surface area is 77.4 Å². The summed E-state index contributed by atoms with van der Waals surface area (Å²) in [5.41, 5.74) is 7.47. The SMILES string of the molecule is CCCc1nc(N)nc(C)c1C#N. The van der Waals surface area contributed by atoms with Crippen molar-refractivity contribution in [2.75, 3.05) is 5.73 Å². The molecule has 0 saturated heterocycles. The van der Waals surface area contributed by atoms with E-state index >= 15 is 0 Å². The second-order valence-corrected chi connectivity index (χ2v) is 2.85. The minimum atomic E-state index is 0.250. The molecular formula is C9H12N4. The number of hydrogen-bond acceptors (Lipinski definition) is 4. The van der Waals surface area contributed by atoms with Crippen molar-refractivity contribution in [1.29, 1.82) is 5.26 Å². The third-order valence-electron chi connectivity index (χ3n) is 1.78. The third kappa shape index (κ3) is 1.94. The van der Waals surface area contributed by atoms with Gasteiger partial charge in [0.25, 0.3) is 0 Å². The predicted octanol–water partition coefficient (Wildman–Crippen LogP) is 1.19. The Morgan fingerprint density at radius 3 is 2.69 bits per heavy atom. The Morgan fingerprint density at radius 2 is 2.15 bits per heavy atom. The summed E-state index contributed by atoms with van der Waals surface area (Å²) in [6, 6.07) is 2.10. The van der Waals surface area contributed by atoms with Crippen molar-refractivity contribution in [2.24, 2.45) is 0 Å². The zero-order valence-electron chi connectivity index (χ0n) is 7.83. The van der Waals surface area contributed by atoms with E-state index in [0.29, 0.717) is 11.3 Å². The van der Waals surface area contributed by atoms with Crippen LogP contribution in [0.2, 0.25) is 0 Å². The molecule has 13 heavy (non-hydrogen) atoms. The maximum absolute atomic E-state index is 8.85. The number of hydrogen-bond donors (Lipinski definition) is 1. The summed E-state index contributed by atoms with van der Waals surface area (Å²) in [6.45, 7) is 3.81. The average Bonchev–Trinajstić information content (AvgIpc) is 2.04. The monoisotopic (exact) mass is 176 g/mol. The maximum Gasteiger partial charge on any atom is 0.220 e. The first kappa shape index (κ1) is 9.46. The first-order chi connectivity index (χ1) is 6.19. The number of rotatable bonds is 2. The van der Waals surface area contributed by atoms with Gasteiger partial charge in [-0.05, 0) is 13.3 Å². The van der Waals surface area contributed by atoms with E-state index in [9.17, 15) is 0 Å².